The Bertz CT molecular complexity index is 1500. The summed E-state index contributed by atoms with van der Waals surface area (Å²) in [5.41, 5.74) is 2.23. The Morgan fingerprint density at radius 1 is 0.765 bits per heavy atom. The maximum absolute atomic E-state index is 13.4. The number of phenolic OH excluding ortho intramolecular Hbond substituents is 1. The first kappa shape index (κ1) is 21.5. The maximum atomic E-state index is 13.4. The van der Waals surface area contributed by atoms with Gasteiger partial charge in [0.1, 0.15) is 11.5 Å². The molecule has 0 aliphatic carbocycles. The fourth-order valence-corrected chi connectivity index (χ4v) is 4.52. The van der Waals surface area contributed by atoms with Crippen LogP contribution in [0.15, 0.2) is 116 Å². The van der Waals surface area contributed by atoms with Gasteiger partial charge in [-0.1, -0.05) is 97.1 Å². The molecule has 0 aromatic heterocycles. The Balaban J connectivity index is 1.70. The van der Waals surface area contributed by atoms with Gasteiger partial charge in [0, 0.05) is 11.1 Å². The molecule has 0 bridgehead atoms. The number of fused-ring (bicyclic) bond motifs is 2. The molecule has 3 heteroatoms. The topological polar surface area (TPSA) is 46.5 Å². The summed E-state index contributed by atoms with van der Waals surface area (Å²) >= 11 is 0. The molecule has 0 aliphatic heterocycles. The van der Waals surface area contributed by atoms with E-state index in [0.717, 1.165) is 27.1 Å². The molecule has 166 valence electrons. The quantitative estimate of drug-likeness (QED) is 0.166. The van der Waals surface area contributed by atoms with Gasteiger partial charge >= 0.3 is 5.97 Å². The highest BCUT2D eigenvalue weighted by Crippen LogP contribution is 2.45. The highest BCUT2D eigenvalue weighted by atomic mass is 16.5. The molecule has 1 N–H and O–H groups in total. The Hall–Kier alpha value is -4.37. The Kier molecular flexibility index (Phi) is 5.84. The van der Waals surface area contributed by atoms with Gasteiger partial charge in [-0.3, -0.25) is 4.79 Å². The molecule has 34 heavy (non-hydrogen) atoms. The molecule has 0 radical (unpaired) electrons. The van der Waals surface area contributed by atoms with E-state index in [4.69, 9.17) is 4.74 Å². The maximum Gasteiger partial charge on any atom is 0.319 e. The van der Waals surface area contributed by atoms with E-state index in [-0.39, 0.29) is 11.7 Å². The van der Waals surface area contributed by atoms with Crippen LogP contribution in [0.2, 0.25) is 0 Å². The van der Waals surface area contributed by atoms with Crippen LogP contribution in [0.25, 0.3) is 32.7 Å². The van der Waals surface area contributed by atoms with E-state index in [0.29, 0.717) is 23.3 Å². The van der Waals surface area contributed by atoms with Gasteiger partial charge in [0.05, 0.1) is 5.92 Å². The van der Waals surface area contributed by atoms with Gasteiger partial charge in [0.25, 0.3) is 0 Å². The number of benzene rings is 5. The molecule has 0 spiro atoms. The summed E-state index contributed by atoms with van der Waals surface area (Å²) in [7, 11) is 0. The molecule has 5 aromatic rings. The predicted molar refractivity (Wildman–Crippen MR) is 138 cm³/mol. The second-order valence-electron chi connectivity index (χ2n) is 8.25. The van der Waals surface area contributed by atoms with Gasteiger partial charge in [-0.15, -0.1) is 6.58 Å². The van der Waals surface area contributed by atoms with Crippen molar-refractivity contribution in [2.75, 3.05) is 0 Å². The molecule has 0 saturated heterocycles. The number of hydrogen-bond acceptors (Lipinski definition) is 3. The average molecular weight is 445 g/mol. The number of allylic oxidation sites excluding steroid dienone is 1. The number of hydrogen-bond donors (Lipinski definition) is 1. The first-order valence-electron chi connectivity index (χ1n) is 11.3. The molecule has 0 unspecified atom stereocenters. The number of phenols is 1. The largest absolute Gasteiger partial charge is 0.507 e. The minimum Gasteiger partial charge on any atom is -0.507 e. The van der Waals surface area contributed by atoms with Crippen molar-refractivity contribution in [3.05, 3.63) is 121 Å². The van der Waals surface area contributed by atoms with Crippen molar-refractivity contribution in [2.24, 2.45) is 0 Å². The molecule has 5 rings (SSSR count). The molecule has 5 aromatic carbocycles. The van der Waals surface area contributed by atoms with Crippen molar-refractivity contribution in [3.8, 4) is 22.6 Å². The van der Waals surface area contributed by atoms with E-state index < -0.39 is 5.92 Å². The highest BCUT2D eigenvalue weighted by molar-refractivity contribution is 6.10. The van der Waals surface area contributed by atoms with Crippen LogP contribution in [0, 0.1) is 0 Å². The normalized spacial score (nSPS) is 11.9. The average Bonchev–Trinajstić information content (AvgIpc) is 2.88. The van der Waals surface area contributed by atoms with E-state index in [2.05, 4.69) is 6.58 Å². The lowest BCUT2D eigenvalue weighted by molar-refractivity contribution is -0.136. The van der Waals surface area contributed by atoms with Crippen LogP contribution in [0.5, 0.6) is 11.5 Å². The van der Waals surface area contributed by atoms with Crippen molar-refractivity contribution >= 4 is 27.5 Å². The lowest BCUT2D eigenvalue weighted by Crippen LogP contribution is -2.19. The fourth-order valence-electron chi connectivity index (χ4n) is 4.52. The lowest BCUT2D eigenvalue weighted by atomic mass is 9.92. The first-order valence-corrected chi connectivity index (χ1v) is 11.3. The van der Waals surface area contributed by atoms with Crippen LogP contribution in [0.3, 0.4) is 0 Å². The SMILES string of the molecule is C=CC[C@@H](C(=O)Oc1ccc2ccccc2c1-c1c(O)ccc2ccccc12)c1ccccc1. The number of aromatic hydroxyl groups is 1. The molecule has 1 atom stereocenters. The summed E-state index contributed by atoms with van der Waals surface area (Å²) < 4.78 is 6.08. The molecule has 0 heterocycles. The third-order valence-corrected chi connectivity index (χ3v) is 6.15. The molecular weight excluding hydrogens is 420 g/mol. The van der Waals surface area contributed by atoms with Gasteiger partial charge in [-0.05, 0) is 45.7 Å². The van der Waals surface area contributed by atoms with Crippen molar-refractivity contribution < 1.29 is 14.6 Å². The number of carbonyl (C=O) groups excluding carboxylic acids is 1. The summed E-state index contributed by atoms with van der Waals surface area (Å²) in [4.78, 5) is 13.4. The number of esters is 1. The van der Waals surface area contributed by atoms with Crippen molar-refractivity contribution in [2.45, 2.75) is 12.3 Å². The van der Waals surface area contributed by atoms with Crippen LogP contribution in [0.1, 0.15) is 17.9 Å². The zero-order valence-corrected chi connectivity index (χ0v) is 18.6. The summed E-state index contributed by atoms with van der Waals surface area (Å²) in [6.07, 6.45) is 2.20. The smallest absolute Gasteiger partial charge is 0.319 e. The second kappa shape index (κ2) is 9.24. The Morgan fingerprint density at radius 3 is 2.03 bits per heavy atom. The molecular formula is C31H24O3. The van der Waals surface area contributed by atoms with Gasteiger partial charge in [0.15, 0.2) is 0 Å². The predicted octanol–water partition coefficient (Wildman–Crippen LogP) is 7.63. The van der Waals surface area contributed by atoms with Crippen LogP contribution < -0.4 is 4.74 Å². The molecule has 3 nitrogen and oxygen atoms in total. The summed E-state index contributed by atoms with van der Waals surface area (Å²) in [5.74, 6) is -0.278. The van der Waals surface area contributed by atoms with Crippen LogP contribution in [-0.2, 0) is 4.79 Å². The monoisotopic (exact) mass is 444 g/mol. The highest BCUT2D eigenvalue weighted by Gasteiger charge is 2.25. The van der Waals surface area contributed by atoms with Gasteiger partial charge < -0.3 is 9.84 Å². The second-order valence-corrected chi connectivity index (χ2v) is 8.25. The van der Waals surface area contributed by atoms with Crippen LogP contribution in [0.4, 0.5) is 0 Å². The van der Waals surface area contributed by atoms with E-state index >= 15 is 0 Å². The van der Waals surface area contributed by atoms with Crippen molar-refractivity contribution in [1.82, 2.24) is 0 Å². The van der Waals surface area contributed by atoms with E-state index in [1.165, 1.54) is 0 Å². The van der Waals surface area contributed by atoms with Gasteiger partial charge in [-0.25, -0.2) is 0 Å². The molecule has 0 amide bonds. The lowest BCUT2D eigenvalue weighted by Gasteiger charge is -2.19. The Morgan fingerprint density at radius 2 is 1.35 bits per heavy atom. The number of ether oxygens (including phenoxy) is 1. The third kappa shape index (κ3) is 3.93. The molecule has 0 aliphatic rings. The Labute approximate surface area is 198 Å². The minimum atomic E-state index is -0.473. The number of carbonyl (C=O) groups is 1. The van der Waals surface area contributed by atoms with E-state index in [1.807, 2.05) is 97.1 Å². The van der Waals surface area contributed by atoms with Crippen molar-refractivity contribution in [3.63, 3.8) is 0 Å². The van der Waals surface area contributed by atoms with E-state index in [1.54, 1.807) is 12.1 Å². The van der Waals surface area contributed by atoms with Crippen LogP contribution in [-0.4, -0.2) is 11.1 Å². The fraction of sp³-hybridized carbons (Fsp3) is 0.0645. The third-order valence-electron chi connectivity index (χ3n) is 6.15. The van der Waals surface area contributed by atoms with Gasteiger partial charge in [-0.2, -0.15) is 0 Å². The zero-order valence-electron chi connectivity index (χ0n) is 18.6. The van der Waals surface area contributed by atoms with E-state index in [9.17, 15) is 9.90 Å². The molecule has 0 saturated carbocycles. The van der Waals surface area contributed by atoms with Gasteiger partial charge in [0.2, 0.25) is 0 Å². The zero-order chi connectivity index (χ0) is 23.5. The standard InChI is InChI=1S/C31H24O3/c1-2-10-26(21-11-4-3-5-12-21)31(33)34-28-20-18-23-14-7-9-16-25(23)30(28)29-24-15-8-6-13-22(24)17-19-27(29)32/h2-9,11-20,26,32H,1,10H2/t26-/m1/s1. The number of rotatable bonds is 6. The molecule has 0 fully saturated rings. The first-order chi connectivity index (χ1) is 16.7. The van der Waals surface area contributed by atoms with Crippen LogP contribution >= 0.6 is 0 Å². The minimum absolute atomic E-state index is 0.137. The summed E-state index contributed by atoms with van der Waals surface area (Å²) in [6.45, 7) is 3.83. The summed E-state index contributed by atoms with van der Waals surface area (Å²) in [6, 6.07) is 32.7. The van der Waals surface area contributed by atoms with Crippen molar-refractivity contribution in [1.29, 1.82) is 0 Å². The summed E-state index contributed by atoms with van der Waals surface area (Å²) in [5, 5.41) is 14.8.